The van der Waals surface area contributed by atoms with Gasteiger partial charge in [-0.2, -0.15) is 0 Å². The van der Waals surface area contributed by atoms with Crippen LogP contribution >= 0.6 is 0 Å². The number of hydrogen-bond acceptors (Lipinski definition) is 5. The molecule has 0 fully saturated rings. The molecule has 1 aliphatic rings. The van der Waals surface area contributed by atoms with Gasteiger partial charge in [-0.1, -0.05) is 36.4 Å². The summed E-state index contributed by atoms with van der Waals surface area (Å²) in [5, 5.41) is 13.1. The molecule has 7 nitrogen and oxygen atoms in total. The van der Waals surface area contributed by atoms with Gasteiger partial charge >= 0.3 is 0 Å². The first-order chi connectivity index (χ1) is 15.1. The molecule has 0 radical (unpaired) electrons. The lowest BCUT2D eigenvalue weighted by Gasteiger charge is -2.30. The standard InChI is InChI=1S/C24H28N4O3/c1-27-12-10-25-24(27)19-7-4-8-22(13-19)31-17-23(30)26-14-21(29)16-28-11-9-18-5-2-3-6-20(18)15-28/h2-8,10,12-13,21,29H,9,11,14-17H2,1H3,(H,26,30). The number of rotatable bonds is 8. The van der Waals surface area contributed by atoms with Crippen LogP contribution in [0.2, 0.25) is 0 Å². The number of imidazole rings is 1. The molecule has 2 heterocycles. The number of aliphatic hydroxyl groups is 1. The summed E-state index contributed by atoms with van der Waals surface area (Å²) >= 11 is 0. The highest BCUT2D eigenvalue weighted by molar-refractivity contribution is 5.77. The number of β-amino-alcohol motifs (C(OH)–C–C–N with tert-alkyl or cyclic N) is 1. The zero-order valence-electron chi connectivity index (χ0n) is 17.7. The number of fused-ring (bicyclic) bond motifs is 1. The van der Waals surface area contributed by atoms with E-state index in [9.17, 15) is 9.90 Å². The highest BCUT2D eigenvalue weighted by Gasteiger charge is 2.18. The van der Waals surface area contributed by atoms with Crippen molar-refractivity contribution < 1.29 is 14.6 Å². The van der Waals surface area contributed by atoms with E-state index >= 15 is 0 Å². The van der Waals surface area contributed by atoms with E-state index in [1.807, 2.05) is 48.1 Å². The number of carbonyl (C=O) groups excluding carboxylic acids is 1. The number of hydrogen-bond donors (Lipinski definition) is 2. The smallest absolute Gasteiger partial charge is 0.258 e. The van der Waals surface area contributed by atoms with Crippen LogP contribution in [0, 0.1) is 0 Å². The SMILES string of the molecule is Cn1ccnc1-c1cccc(OCC(=O)NCC(O)CN2CCc3ccccc3C2)c1. The van der Waals surface area contributed by atoms with E-state index in [0.29, 0.717) is 12.3 Å². The average Bonchev–Trinajstić information content (AvgIpc) is 3.22. The number of amides is 1. The molecule has 162 valence electrons. The molecule has 3 aromatic rings. The van der Waals surface area contributed by atoms with Crippen LogP contribution in [-0.4, -0.2) is 57.8 Å². The van der Waals surface area contributed by atoms with E-state index in [0.717, 1.165) is 30.9 Å². The number of aliphatic hydroxyl groups excluding tert-OH is 1. The van der Waals surface area contributed by atoms with Crippen molar-refractivity contribution in [2.45, 2.75) is 19.1 Å². The fraction of sp³-hybridized carbons (Fsp3) is 0.333. The molecule has 1 atom stereocenters. The van der Waals surface area contributed by atoms with Crippen LogP contribution in [0.25, 0.3) is 11.4 Å². The van der Waals surface area contributed by atoms with Gasteiger partial charge in [-0.05, 0) is 29.7 Å². The molecule has 1 amide bonds. The summed E-state index contributed by atoms with van der Waals surface area (Å²) in [5.41, 5.74) is 3.61. The van der Waals surface area contributed by atoms with Crippen molar-refractivity contribution in [2.24, 2.45) is 7.05 Å². The first kappa shape index (κ1) is 21.1. The first-order valence-electron chi connectivity index (χ1n) is 10.5. The van der Waals surface area contributed by atoms with Crippen molar-refractivity contribution in [3.63, 3.8) is 0 Å². The minimum absolute atomic E-state index is 0.103. The fourth-order valence-corrected chi connectivity index (χ4v) is 3.87. The molecular formula is C24H28N4O3. The van der Waals surface area contributed by atoms with Crippen molar-refractivity contribution in [2.75, 3.05) is 26.2 Å². The highest BCUT2D eigenvalue weighted by Crippen LogP contribution is 2.22. The highest BCUT2D eigenvalue weighted by atomic mass is 16.5. The molecule has 1 aliphatic heterocycles. The Hall–Kier alpha value is -3.16. The summed E-state index contributed by atoms with van der Waals surface area (Å²) in [7, 11) is 1.93. The number of aromatic nitrogens is 2. The second-order valence-electron chi connectivity index (χ2n) is 7.89. The van der Waals surface area contributed by atoms with Gasteiger partial charge in [0.1, 0.15) is 11.6 Å². The minimum atomic E-state index is -0.624. The van der Waals surface area contributed by atoms with Gasteiger partial charge in [-0.25, -0.2) is 4.98 Å². The predicted octanol–water partition coefficient (Wildman–Crippen LogP) is 2.00. The zero-order chi connectivity index (χ0) is 21.6. The van der Waals surface area contributed by atoms with E-state index in [1.165, 1.54) is 11.1 Å². The summed E-state index contributed by atoms with van der Waals surface area (Å²) in [6.45, 7) is 2.37. The lowest BCUT2D eigenvalue weighted by Crippen LogP contribution is -2.42. The van der Waals surface area contributed by atoms with Gasteiger partial charge in [0, 0.05) is 51.2 Å². The predicted molar refractivity (Wildman–Crippen MR) is 119 cm³/mol. The van der Waals surface area contributed by atoms with E-state index < -0.39 is 6.10 Å². The van der Waals surface area contributed by atoms with Crippen LogP contribution in [0.15, 0.2) is 60.9 Å². The molecule has 1 aromatic heterocycles. The van der Waals surface area contributed by atoms with Crippen LogP contribution in [0.5, 0.6) is 5.75 Å². The summed E-state index contributed by atoms with van der Waals surface area (Å²) < 4.78 is 7.55. The van der Waals surface area contributed by atoms with E-state index in [1.54, 1.807) is 6.20 Å². The Morgan fingerprint density at radius 3 is 2.87 bits per heavy atom. The Bertz CT molecular complexity index is 1030. The third kappa shape index (κ3) is 5.51. The zero-order valence-corrected chi connectivity index (χ0v) is 17.7. The molecule has 0 spiro atoms. The molecule has 0 bridgehead atoms. The van der Waals surface area contributed by atoms with Crippen molar-refractivity contribution in [3.05, 3.63) is 72.1 Å². The second kappa shape index (κ2) is 9.76. The summed E-state index contributed by atoms with van der Waals surface area (Å²) in [6.07, 6.45) is 3.98. The van der Waals surface area contributed by atoms with Crippen molar-refractivity contribution in [1.29, 1.82) is 0 Å². The van der Waals surface area contributed by atoms with Gasteiger partial charge in [0.05, 0.1) is 6.10 Å². The third-order valence-corrected chi connectivity index (χ3v) is 5.50. The quantitative estimate of drug-likeness (QED) is 0.583. The lowest BCUT2D eigenvalue weighted by atomic mass is 10.00. The third-order valence-electron chi connectivity index (χ3n) is 5.50. The Kier molecular flexibility index (Phi) is 6.64. The molecule has 1 unspecified atom stereocenters. The number of benzene rings is 2. The van der Waals surface area contributed by atoms with E-state index in [4.69, 9.17) is 4.74 Å². The molecule has 0 saturated carbocycles. The molecule has 2 N–H and O–H groups in total. The maximum absolute atomic E-state index is 12.2. The maximum Gasteiger partial charge on any atom is 0.258 e. The van der Waals surface area contributed by atoms with Crippen molar-refractivity contribution in [3.8, 4) is 17.1 Å². The monoisotopic (exact) mass is 420 g/mol. The number of carbonyl (C=O) groups is 1. The van der Waals surface area contributed by atoms with Gasteiger partial charge in [-0.3, -0.25) is 9.69 Å². The molecular weight excluding hydrogens is 392 g/mol. The van der Waals surface area contributed by atoms with Crippen LogP contribution < -0.4 is 10.1 Å². The number of ether oxygens (including phenoxy) is 1. The maximum atomic E-state index is 12.2. The van der Waals surface area contributed by atoms with Crippen LogP contribution in [0.3, 0.4) is 0 Å². The molecule has 31 heavy (non-hydrogen) atoms. The molecule has 4 rings (SSSR count). The van der Waals surface area contributed by atoms with Gasteiger partial charge in [0.2, 0.25) is 0 Å². The summed E-state index contributed by atoms with van der Waals surface area (Å²) in [6, 6.07) is 15.9. The number of aryl methyl sites for hydroxylation is 1. The van der Waals surface area contributed by atoms with Crippen LogP contribution in [0.4, 0.5) is 0 Å². The number of nitrogens with zero attached hydrogens (tertiary/aromatic N) is 3. The minimum Gasteiger partial charge on any atom is -0.484 e. The van der Waals surface area contributed by atoms with Crippen LogP contribution in [0.1, 0.15) is 11.1 Å². The Morgan fingerprint density at radius 2 is 2.06 bits per heavy atom. The summed E-state index contributed by atoms with van der Waals surface area (Å²) in [5.74, 6) is 1.17. The Labute approximate surface area is 182 Å². The van der Waals surface area contributed by atoms with Gasteiger partial charge in [0.15, 0.2) is 6.61 Å². The topological polar surface area (TPSA) is 79.6 Å². The Balaban J connectivity index is 1.21. The molecule has 2 aromatic carbocycles. The largest absolute Gasteiger partial charge is 0.484 e. The normalized spacial score (nSPS) is 14.6. The number of nitrogens with one attached hydrogen (secondary N) is 1. The van der Waals surface area contributed by atoms with Crippen LogP contribution in [-0.2, 0) is 24.8 Å². The molecule has 0 aliphatic carbocycles. The van der Waals surface area contributed by atoms with Crippen molar-refractivity contribution >= 4 is 5.91 Å². The van der Waals surface area contributed by atoms with E-state index in [2.05, 4.69) is 33.4 Å². The Morgan fingerprint density at radius 1 is 1.23 bits per heavy atom. The fourth-order valence-electron chi connectivity index (χ4n) is 3.87. The summed E-state index contributed by atoms with van der Waals surface area (Å²) in [4.78, 5) is 18.7. The molecule has 0 saturated heterocycles. The van der Waals surface area contributed by atoms with Gasteiger partial charge < -0.3 is 19.7 Å². The van der Waals surface area contributed by atoms with Crippen molar-refractivity contribution in [1.82, 2.24) is 19.8 Å². The second-order valence-corrected chi connectivity index (χ2v) is 7.89. The van der Waals surface area contributed by atoms with E-state index in [-0.39, 0.29) is 19.1 Å². The van der Waals surface area contributed by atoms with Gasteiger partial charge in [0.25, 0.3) is 5.91 Å². The van der Waals surface area contributed by atoms with Gasteiger partial charge in [-0.15, -0.1) is 0 Å². The molecule has 7 heteroatoms. The average molecular weight is 421 g/mol. The lowest BCUT2D eigenvalue weighted by molar-refractivity contribution is -0.123. The first-order valence-corrected chi connectivity index (χ1v) is 10.5.